The van der Waals surface area contributed by atoms with Crippen LogP contribution in [0.2, 0.25) is 0 Å². The van der Waals surface area contributed by atoms with Crippen molar-refractivity contribution in [3.63, 3.8) is 0 Å². The number of aliphatic hydroxyl groups is 1. The van der Waals surface area contributed by atoms with Gasteiger partial charge < -0.3 is 10.0 Å². The molecule has 0 amide bonds. The number of piperidine rings is 1. The summed E-state index contributed by atoms with van der Waals surface area (Å²) in [6.07, 6.45) is 4.63. The summed E-state index contributed by atoms with van der Waals surface area (Å²) in [5, 5.41) is 13.6. The summed E-state index contributed by atoms with van der Waals surface area (Å²) in [5.74, 6) is 0.634. The normalized spacial score (nSPS) is 19.8. The molecule has 1 aromatic carbocycles. The van der Waals surface area contributed by atoms with Crippen molar-refractivity contribution in [2.75, 3.05) is 31.3 Å². The van der Waals surface area contributed by atoms with Gasteiger partial charge >= 0.3 is 0 Å². The molecule has 3 unspecified atom stereocenters. The topological polar surface area (TPSA) is 74.0 Å². The third kappa shape index (κ3) is 4.63. The van der Waals surface area contributed by atoms with Crippen LogP contribution in [0.15, 0.2) is 48.0 Å². The number of aliphatic hydroxyl groups excluding tert-OH is 1. The number of aromatic nitrogens is 3. The van der Waals surface area contributed by atoms with Gasteiger partial charge in [0.25, 0.3) is 0 Å². The highest BCUT2D eigenvalue weighted by molar-refractivity contribution is 7.81. The zero-order chi connectivity index (χ0) is 24.7. The van der Waals surface area contributed by atoms with Crippen molar-refractivity contribution in [2.24, 2.45) is 0 Å². The Hall–Kier alpha value is -2.66. The Morgan fingerprint density at radius 2 is 2.00 bits per heavy atom. The van der Waals surface area contributed by atoms with Gasteiger partial charge in [-0.2, -0.15) is 0 Å². The SMILES string of the molecule is CCc1nc2ccc(C3CCN(S(C)=O)CC3O)cn2c1N(C)c1nc(-c2ccc(F)cc2)cs1. The number of rotatable bonds is 6. The van der Waals surface area contributed by atoms with Gasteiger partial charge in [-0.3, -0.25) is 4.40 Å². The number of anilines is 2. The molecule has 0 radical (unpaired) electrons. The highest BCUT2D eigenvalue weighted by Gasteiger charge is 2.31. The predicted molar refractivity (Wildman–Crippen MR) is 139 cm³/mol. The van der Waals surface area contributed by atoms with Gasteiger partial charge in [-0.1, -0.05) is 13.0 Å². The van der Waals surface area contributed by atoms with Gasteiger partial charge in [-0.15, -0.1) is 11.3 Å². The molecule has 1 aliphatic heterocycles. The molecule has 1 fully saturated rings. The van der Waals surface area contributed by atoms with Gasteiger partial charge in [0.15, 0.2) is 5.13 Å². The third-order valence-electron chi connectivity index (χ3n) is 6.59. The smallest absolute Gasteiger partial charge is 0.191 e. The van der Waals surface area contributed by atoms with Crippen LogP contribution in [0, 0.1) is 5.82 Å². The summed E-state index contributed by atoms with van der Waals surface area (Å²) in [4.78, 5) is 11.7. The first-order valence-corrected chi connectivity index (χ1v) is 14.0. The fourth-order valence-corrected chi connectivity index (χ4v) is 6.22. The molecule has 10 heteroatoms. The second-order valence-corrected chi connectivity index (χ2v) is 11.0. The monoisotopic (exact) mass is 513 g/mol. The molecule has 3 aromatic heterocycles. The van der Waals surface area contributed by atoms with E-state index in [1.165, 1.54) is 23.5 Å². The molecule has 4 heterocycles. The van der Waals surface area contributed by atoms with E-state index in [1.54, 1.807) is 18.4 Å². The predicted octanol–water partition coefficient (Wildman–Crippen LogP) is 4.37. The molecular weight excluding hydrogens is 485 g/mol. The fourth-order valence-electron chi connectivity index (χ4n) is 4.70. The van der Waals surface area contributed by atoms with Crippen molar-refractivity contribution in [2.45, 2.75) is 31.8 Å². The van der Waals surface area contributed by atoms with E-state index in [0.29, 0.717) is 13.1 Å². The van der Waals surface area contributed by atoms with Crippen LogP contribution in [-0.4, -0.2) is 60.5 Å². The summed E-state index contributed by atoms with van der Waals surface area (Å²) in [6, 6.07) is 10.4. The lowest BCUT2D eigenvalue weighted by molar-refractivity contribution is 0.0876. The maximum Gasteiger partial charge on any atom is 0.191 e. The van der Waals surface area contributed by atoms with Gasteiger partial charge in [-0.05, 0) is 48.7 Å². The molecule has 5 rings (SSSR count). The minimum Gasteiger partial charge on any atom is -0.391 e. The first-order chi connectivity index (χ1) is 16.9. The van der Waals surface area contributed by atoms with E-state index < -0.39 is 17.1 Å². The Balaban J connectivity index is 1.49. The lowest BCUT2D eigenvalue weighted by atomic mass is 9.89. The summed E-state index contributed by atoms with van der Waals surface area (Å²) in [7, 11) is 0.897. The number of hydrogen-bond donors (Lipinski definition) is 1. The Labute approximate surface area is 210 Å². The number of halogens is 1. The fraction of sp³-hybridized carbons (Fsp3) is 0.360. The zero-order valence-corrected chi connectivity index (χ0v) is 21.5. The van der Waals surface area contributed by atoms with Gasteiger partial charge in [0.1, 0.15) is 17.3 Å². The number of fused-ring (bicyclic) bond motifs is 1. The van der Waals surface area contributed by atoms with E-state index in [2.05, 4.69) is 17.5 Å². The minimum absolute atomic E-state index is 0.0326. The van der Waals surface area contributed by atoms with Gasteiger partial charge in [0.2, 0.25) is 0 Å². The number of benzene rings is 1. The molecule has 1 saturated heterocycles. The van der Waals surface area contributed by atoms with E-state index >= 15 is 0 Å². The maximum atomic E-state index is 13.3. The van der Waals surface area contributed by atoms with Crippen LogP contribution in [-0.2, 0) is 17.4 Å². The number of imidazole rings is 1. The van der Waals surface area contributed by atoms with E-state index in [0.717, 1.165) is 52.0 Å². The molecule has 0 aliphatic carbocycles. The van der Waals surface area contributed by atoms with Crippen LogP contribution in [0.3, 0.4) is 0 Å². The van der Waals surface area contributed by atoms with Gasteiger partial charge in [0.05, 0.1) is 28.5 Å². The van der Waals surface area contributed by atoms with Crippen molar-refractivity contribution in [1.29, 1.82) is 0 Å². The zero-order valence-electron chi connectivity index (χ0n) is 19.9. The summed E-state index contributed by atoms with van der Waals surface area (Å²) >= 11 is 1.52. The number of nitrogens with zero attached hydrogens (tertiary/aromatic N) is 5. The van der Waals surface area contributed by atoms with Crippen LogP contribution >= 0.6 is 11.3 Å². The average Bonchev–Trinajstić information content (AvgIpc) is 3.48. The van der Waals surface area contributed by atoms with Crippen molar-refractivity contribution in [3.8, 4) is 11.3 Å². The van der Waals surface area contributed by atoms with Crippen molar-refractivity contribution in [1.82, 2.24) is 18.7 Å². The first-order valence-electron chi connectivity index (χ1n) is 11.6. The Bertz CT molecular complexity index is 1370. The maximum absolute atomic E-state index is 13.3. The minimum atomic E-state index is -1.08. The van der Waals surface area contributed by atoms with Crippen LogP contribution < -0.4 is 4.90 Å². The van der Waals surface area contributed by atoms with Crippen LogP contribution in [0.1, 0.15) is 30.5 Å². The Morgan fingerprint density at radius 3 is 2.69 bits per heavy atom. The van der Waals surface area contributed by atoms with Crippen LogP contribution in [0.25, 0.3) is 16.9 Å². The second kappa shape index (κ2) is 9.77. The number of hydrogen-bond acceptors (Lipinski definition) is 6. The standard InChI is InChI=1S/C25H28FN5O2S2/c1-4-20-24(29(2)25-28-21(15-34-25)16-5-8-18(26)9-6-16)31-13-17(7-10-23(31)27-20)19-11-12-30(35(3)33)14-22(19)32/h5-10,13,15,19,22,32H,4,11-12,14H2,1-3H3. The van der Waals surface area contributed by atoms with Gasteiger partial charge in [0, 0.05) is 49.5 Å². The highest BCUT2D eigenvalue weighted by Crippen LogP contribution is 2.35. The van der Waals surface area contributed by atoms with E-state index in [1.807, 2.05) is 33.8 Å². The van der Waals surface area contributed by atoms with Crippen molar-refractivity contribution in [3.05, 3.63) is 65.0 Å². The molecule has 4 aromatic rings. The lowest BCUT2D eigenvalue weighted by Gasteiger charge is -2.34. The molecule has 0 saturated carbocycles. The van der Waals surface area contributed by atoms with Gasteiger partial charge in [-0.25, -0.2) is 22.9 Å². The highest BCUT2D eigenvalue weighted by atomic mass is 32.2. The molecule has 3 atom stereocenters. The van der Waals surface area contributed by atoms with E-state index in [-0.39, 0.29) is 11.7 Å². The molecule has 1 N–H and O–H groups in total. The molecular formula is C25H28FN5O2S2. The number of pyridine rings is 1. The molecule has 0 bridgehead atoms. The third-order valence-corrected chi connectivity index (χ3v) is 8.57. The average molecular weight is 514 g/mol. The summed E-state index contributed by atoms with van der Waals surface area (Å²) in [6.45, 7) is 3.16. The van der Waals surface area contributed by atoms with E-state index in [4.69, 9.17) is 9.97 Å². The summed E-state index contributed by atoms with van der Waals surface area (Å²) in [5.41, 5.74) is 4.50. The molecule has 184 valence electrons. The molecule has 35 heavy (non-hydrogen) atoms. The van der Waals surface area contributed by atoms with Crippen LogP contribution in [0.4, 0.5) is 15.3 Å². The van der Waals surface area contributed by atoms with Crippen molar-refractivity contribution < 1.29 is 13.7 Å². The van der Waals surface area contributed by atoms with Crippen LogP contribution in [0.5, 0.6) is 0 Å². The number of aryl methyl sites for hydroxylation is 1. The Kier molecular flexibility index (Phi) is 6.71. The molecule has 1 aliphatic rings. The quantitative estimate of drug-likeness (QED) is 0.415. The largest absolute Gasteiger partial charge is 0.391 e. The molecule has 0 spiro atoms. The van der Waals surface area contributed by atoms with E-state index in [9.17, 15) is 13.7 Å². The first kappa shape index (κ1) is 24.1. The number of thiazole rings is 1. The summed E-state index contributed by atoms with van der Waals surface area (Å²) < 4.78 is 29.1. The second-order valence-electron chi connectivity index (χ2n) is 8.78. The lowest BCUT2D eigenvalue weighted by Crippen LogP contribution is -2.43. The Morgan fingerprint density at radius 1 is 1.23 bits per heavy atom. The van der Waals surface area contributed by atoms with Crippen molar-refractivity contribution >= 4 is 38.9 Å². The molecule has 7 nitrogen and oxygen atoms in total. The number of β-amino-alcohol motifs (C(OH)–C–C–N with tert-alkyl or cyclic N) is 1.